The smallest absolute Gasteiger partial charge is 0.325 e. The molecule has 3 rings (SSSR count). The van der Waals surface area contributed by atoms with Gasteiger partial charge < -0.3 is 10.6 Å². The van der Waals surface area contributed by atoms with E-state index in [2.05, 4.69) is 10.6 Å². The van der Waals surface area contributed by atoms with Crippen molar-refractivity contribution in [2.75, 3.05) is 6.54 Å². The summed E-state index contributed by atoms with van der Waals surface area (Å²) in [5.74, 6) is -0.992. The molecule has 0 spiro atoms. The third-order valence-corrected chi connectivity index (χ3v) is 4.93. The molecule has 0 bridgehead atoms. The fraction of sp³-hybridized carbons (Fsp3) is 0.471. The number of carbonyl (C=O) groups is 3. The minimum absolute atomic E-state index is 0.0893. The van der Waals surface area contributed by atoms with Crippen LogP contribution >= 0.6 is 0 Å². The van der Waals surface area contributed by atoms with Crippen molar-refractivity contribution in [2.24, 2.45) is 0 Å². The zero-order valence-corrected chi connectivity index (χ0v) is 14.4. The summed E-state index contributed by atoms with van der Waals surface area (Å²) < 4.78 is 0. The number of nitrogens with zero attached hydrogens (tertiary/aromatic N) is 2. The molecule has 2 fully saturated rings. The molecule has 0 aromatic heterocycles. The van der Waals surface area contributed by atoms with E-state index in [0.29, 0.717) is 5.56 Å². The molecule has 1 saturated heterocycles. The number of nitro benzene ring substituents is 1. The second-order valence-corrected chi connectivity index (χ2v) is 6.80. The molecule has 1 aromatic rings. The van der Waals surface area contributed by atoms with Gasteiger partial charge in [0.2, 0.25) is 5.91 Å². The van der Waals surface area contributed by atoms with E-state index in [-0.39, 0.29) is 24.2 Å². The Balaban J connectivity index is 1.76. The highest BCUT2D eigenvalue weighted by Gasteiger charge is 2.49. The van der Waals surface area contributed by atoms with Crippen LogP contribution in [0.5, 0.6) is 0 Å². The maximum absolute atomic E-state index is 12.8. The minimum atomic E-state index is -1.45. The van der Waals surface area contributed by atoms with Crippen LogP contribution in [0.1, 0.15) is 38.2 Å². The van der Waals surface area contributed by atoms with Crippen LogP contribution in [0.25, 0.3) is 0 Å². The number of hydrogen-bond acceptors (Lipinski definition) is 5. The Morgan fingerprint density at radius 2 is 2.08 bits per heavy atom. The van der Waals surface area contributed by atoms with Crippen LogP contribution in [0.15, 0.2) is 24.3 Å². The molecule has 2 N–H and O–H groups in total. The number of imide groups is 1. The highest BCUT2D eigenvalue weighted by molar-refractivity contribution is 6.09. The first kappa shape index (κ1) is 17.8. The first-order valence-corrected chi connectivity index (χ1v) is 8.49. The van der Waals surface area contributed by atoms with E-state index >= 15 is 0 Å². The Morgan fingerprint density at radius 3 is 2.73 bits per heavy atom. The predicted octanol–water partition coefficient (Wildman–Crippen LogP) is 1.42. The maximum atomic E-state index is 12.8. The van der Waals surface area contributed by atoms with Gasteiger partial charge in [0.25, 0.3) is 11.6 Å². The topological polar surface area (TPSA) is 122 Å². The van der Waals surface area contributed by atoms with E-state index in [1.807, 2.05) is 0 Å². The largest absolute Gasteiger partial charge is 0.352 e. The molecule has 1 saturated carbocycles. The second kappa shape index (κ2) is 6.74. The van der Waals surface area contributed by atoms with Crippen molar-refractivity contribution in [3.05, 3.63) is 39.9 Å². The lowest BCUT2D eigenvalue weighted by Gasteiger charge is -2.22. The van der Waals surface area contributed by atoms with Gasteiger partial charge >= 0.3 is 6.03 Å². The number of benzene rings is 1. The molecule has 1 aliphatic heterocycles. The van der Waals surface area contributed by atoms with Gasteiger partial charge in [-0.2, -0.15) is 0 Å². The van der Waals surface area contributed by atoms with Crippen LogP contribution in [0, 0.1) is 10.1 Å². The zero-order chi connectivity index (χ0) is 18.9. The van der Waals surface area contributed by atoms with Gasteiger partial charge in [-0.25, -0.2) is 4.79 Å². The normalized spacial score (nSPS) is 23.2. The summed E-state index contributed by atoms with van der Waals surface area (Å²) in [6, 6.07) is 4.94. The van der Waals surface area contributed by atoms with E-state index in [0.717, 1.165) is 30.6 Å². The Hall–Kier alpha value is -2.97. The van der Waals surface area contributed by atoms with Crippen molar-refractivity contribution < 1.29 is 19.3 Å². The molecule has 138 valence electrons. The van der Waals surface area contributed by atoms with Gasteiger partial charge in [0.1, 0.15) is 12.1 Å². The predicted molar refractivity (Wildman–Crippen MR) is 91.1 cm³/mol. The fourth-order valence-corrected chi connectivity index (χ4v) is 3.45. The quantitative estimate of drug-likeness (QED) is 0.467. The Bertz CT molecular complexity index is 774. The van der Waals surface area contributed by atoms with Crippen LogP contribution in [0.2, 0.25) is 0 Å². The first-order chi connectivity index (χ1) is 12.3. The van der Waals surface area contributed by atoms with Gasteiger partial charge in [-0.1, -0.05) is 25.0 Å². The summed E-state index contributed by atoms with van der Waals surface area (Å²) in [5, 5.41) is 16.3. The van der Waals surface area contributed by atoms with Crippen LogP contribution in [0.3, 0.4) is 0 Å². The fourth-order valence-electron chi connectivity index (χ4n) is 3.45. The number of non-ortho nitro benzene ring substituents is 1. The number of urea groups is 1. The minimum Gasteiger partial charge on any atom is -0.352 e. The van der Waals surface area contributed by atoms with Crippen LogP contribution in [-0.2, 0) is 15.1 Å². The van der Waals surface area contributed by atoms with E-state index in [9.17, 15) is 24.5 Å². The second-order valence-electron chi connectivity index (χ2n) is 6.80. The average Bonchev–Trinajstić information content (AvgIpc) is 3.18. The van der Waals surface area contributed by atoms with Gasteiger partial charge in [-0.15, -0.1) is 0 Å². The molecule has 1 heterocycles. The Labute approximate surface area is 149 Å². The molecule has 0 unspecified atom stereocenters. The van der Waals surface area contributed by atoms with E-state index < -0.39 is 22.4 Å². The molecular weight excluding hydrogens is 340 g/mol. The molecule has 1 atom stereocenters. The molecule has 4 amide bonds. The van der Waals surface area contributed by atoms with Crippen molar-refractivity contribution in [1.82, 2.24) is 15.5 Å². The summed E-state index contributed by atoms with van der Waals surface area (Å²) in [6.45, 7) is 1.10. The molecule has 9 nitrogen and oxygen atoms in total. The molecular formula is C17H20N4O5. The standard InChI is InChI=1S/C17H20N4O5/c1-17(11-5-4-8-13(9-11)21(25)26)15(23)20(16(24)19-17)10-14(22)18-12-6-2-3-7-12/h4-5,8-9,12H,2-3,6-7,10H2,1H3,(H,18,22)(H,19,24)/t17-/m1/s1. The van der Waals surface area contributed by atoms with Gasteiger partial charge in [0.05, 0.1) is 4.92 Å². The number of amides is 4. The lowest BCUT2D eigenvalue weighted by Crippen LogP contribution is -2.45. The molecule has 2 aliphatic rings. The van der Waals surface area contributed by atoms with Crippen LogP contribution in [0.4, 0.5) is 10.5 Å². The third-order valence-electron chi connectivity index (χ3n) is 4.93. The first-order valence-electron chi connectivity index (χ1n) is 8.49. The highest BCUT2D eigenvalue weighted by Crippen LogP contribution is 2.30. The van der Waals surface area contributed by atoms with Crippen LogP contribution in [-0.4, -0.2) is 40.3 Å². The molecule has 26 heavy (non-hydrogen) atoms. The number of rotatable bonds is 5. The average molecular weight is 360 g/mol. The SMILES string of the molecule is C[C@]1(c2cccc([N+](=O)[O-])c2)NC(=O)N(CC(=O)NC2CCCC2)C1=O. The van der Waals surface area contributed by atoms with Gasteiger partial charge in [0, 0.05) is 18.2 Å². The lowest BCUT2D eigenvalue weighted by molar-refractivity contribution is -0.385. The Kier molecular flexibility index (Phi) is 4.62. The van der Waals surface area contributed by atoms with Gasteiger partial charge in [0.15, 0.2) is 0 Å². The summed E-state index contributed by atoms with van der Waals surface area (Å²) in [4.78, 5) is 48.4. The zero-order valence-electron chi connectivity index (χ0n) is 14.4. The third kappa shape index (κ3) is 3.24. The van der Waals surface area contributed by atoms with Crippen molar-refractivity contribution in [3.63, 3.8) is 0 Å². The lowest BCUT2D eigenvalue weighted by atomic mass is 9.91. The van der Waals surface area contributed by atoms with Crippen molar-refractivity contribution in [3.8, 4) is 0 Å². The summed E-state index contributed by atoms with van der Waals surface area (Å²) >= 11 is 0. The molecule has 1 aromatic carbocycles. The maximum Gasteiger partial charge on any atom is 0.325 e. The number of carbonyl (C=O) groups excluding carboxylic acids is 3. The van der Waals surface area contributed by atoms with E-state index in [1.54, 1.807) is 0 Å². The van der Waals surface area contributed by atoms with E-state index in [4.69, 9.17) is 0 Å². The van der Waals surface area contributed by atoms with Crippen molar-refractivity contribution >= 4 is 23.5 Å². The number of nitrogens with one attached hydrogen (secondary N) is 2. The monoisotopic (exact) mass is 360 g/mol. The van der Waals surface area contributed by atoms with E-state index in [1.165, 1.54) is 31.2 Å². The van der Waals surface area contributed by atoms with Gasteiger partial charge in [-0.05, 0) is 25.3 Å². The van der Waals surface area contributed by atoms with Crippen molar-refractivity contribution in [2.45, 2.75) is 44.2 Å². The number of hydrogen-bond donors (Lipinski definition) is 2. The summed E-state index contributed by atoms with van der Waals surface area (Å²) in [7, 11) is 0. The van der Waals surface area contributed by atoms with Crippen molar-refractivity contribution in [1.29, 1.82) is 0 Å². The summed E-state index contributed by atoms with van der Waals surface area (Å²) in [5.41, 5.74) is -1.33. The molecule has 1 aliphatic carbocycles. The van der Waals surface area contributed by atoms with Crippen LogP contribution < -0.4 is 10.6 Å². The highest BCUT2D eigenvalue weighted by atomic mass is 16.6. The molecule has 0 radical (unpaired) electrons. The van der Waals surface area contributed by atoms with Gasteiger partial charge in [-0.3, -0.25) is 24.6 Å². The summed E-state index contributed by atoms with van der Waals surface area (Å²) in [6.07, 6.45) is 3.91. The number of nitro groups is 1. The Morgan fingerprint density at radius 1 is 1.38 bits per heavy atom. The molecule has 9 heteroatoms.